The van der Waals surface area contributed by atoms with Crippen molar-refractivity contribution in [1.29, 1.82) is 0 Å². The van der Waals surface area contributed by atoms with E-state index in [1.54, 1.807) is 0 Å². The molecule has 1 rings (SSSR count). The van der Waals surface area contributed by atoms with Gasteiger partial charge in [-0.1, -0.05) is 19.8 Å². The summed E-state index contributed by atoms with van der Waals surface area (Å²) in [5.41, 5.74) is 0. The third-order valence-corrected chi connectivity index (χ3v) is 3.59. The smallest absolute Gasteiger partial charge is 0.266 e. The monoisotopic (exact) mass is 282 g/mol. The van der Waals surface area contributed by atoms with E-state index in [2.05, 4.69) is 4.18 Å². The van der Waals surface area contributed by atoms with E-state index in [9.17, 15) is 21.6 Å². The molecule has 0 unspecified atom stereocenters. The van der Waals surface area contributed by atoms with Crippen molar-refractivity contribution in [1.82, 2.24) is 0 Å². The van der Waals surface area contributed by atoms with Crippen molar-refractivity contribution < 1.29 is 25.8 Å². The molecule has 0 bridgehead atoms. The highest BCUT2D eigenvalue weighted by molar-refractivity contribution is 7.86. The van der Waals surface area contributed by atoms with Crippen molar-refractivity contribution in [2.45, 2.75) is 31.1 Å². The van der Waals surface area contributed by atoms with Gasteiger partial charge in [-0.25, -0.2) is 13.2 Å². The first-order chi connectivity index (χ1) is 8.40. The van der Waals surface area contributed by atoms with Gasteiger partial charge in [0.2, 0.25) is 0 Å². The summed E-state index contributed by atoms with van der Waals surface area (Å²) in [4.78, 5) is -0.988. The zero-order valence-electron chi connectivity index (χ0n) is 9.75. The van der Waals surface area contributed by atoms with Crippen LogP contribution in [0.5, 0.6) is 0 Å². The van der Waals surface area contributed by atoms with Crippen LogP contribution in [-0.2, 0) is 14.3 Å². The van der Waals surface area contributed by atoms with Gasteiger partial charge >= 0.3 is 0 Å². The van der Waals surface area contributed by atoms with Gasteiger partial charge in [0.1, 0.15) is 4.90 Å². The minimum absolute atomic E-state index is 0.116. The summed E-state index contributed by atoms with van der Waals surface area (Å²) in [6.45, 7) is 1.80. The molecule has 0 amide bonds. The van der Waals surface area contributed by atoms with Crippen molar-refractivity contribution in [2.75, 3.05) is 6.61 Å². The number of hydrogen-bond donors (Lipinski definition) is 0. The van der Waals surface area contributed by atoms with Gasteiger partial charge in [0.05, 0.1) is 6.61 Å². The van der Waals surface area contributed by atoms with E-state index >= 15 is 0 Å². The molecular formula is C11H13F3O3S. The van der Waals surface area contributed by atoms with Crippen LogP contribution < -0.4 is 0 Å². The van der Waals surface area contributed by atoms with Crippen molar-refractivity contribution >= 4 is 10.1 Å². The Labute approximate surface area is 104 Å². The van der Waals surface area contributed by atoms with Gasteiger partial charge in [0, 0.05) is 0 Å². The molecule has 3 nitrogen and oxygen atoms in total. The van der Waals surface area contributed by atoms with Crippen LogP contribution in [0.25, 0.3) is 0 Å². The fourth-order valence-electron chi connectivity index (χ4n) is 1.29. The Balaban J connectivity index is 2.89. The Hall–Kier alpha value is -1.08. The molecule has 7 heteroatoms. The van der Waals surface area contributed by atoms with E-state index in [0.717, 1.165) is 12.8 Å². The van der Waals surface area contributed by atoms with Crippen LogP contribution >= 0.6 is 0 Å². The van der Waals surface area contributed by atoms with Crippen LogP contribution in [-0.4, -0.2) is 15.0 Å². The van der Waals surface area contributed by atoms with Crippen LogP contribution in [0.4, 0.5) is 13.2 Å². The molecular weight excluding hydrogens is 269 g/mol. The van der Waals surface area contributed by atoms with Gasteiger partial charge in [-0.2, -0.15) is 8.42 Å². The highest BCUT2D eigenvalue weighted by Crippen LogP contribution is 2.21. The Morgan fingerprint density at radius 3 is 2.39 bits per heavy atom. The Kier molecular flexibility index (Phi) is 5.15. The summed E-state index contributed by atoms with van der Waals surface area (Å²) in [7, 11) is -4.39. The molecule has 0 saturated carbocycles. The minimum atomic E-state index is -4.39. The van der Waals surface area contributed by atoms with Crippen molar-refractivity contribution in [2.24, 2.45) is 0 Å². The number of benzene rings is 1. The van der Waals surface area contributed by atoms with Crippen molar-refractivity contribution in [3.8, 4) is 0 Å². The first kappa shape index (κ1) is 15.0. The van der Waals surface area contributed by atoms with Gasteiger partial charge < -0.3 is 0 Å². The fourth-order valence-corrected chi connectivity index (χ4v) is 2.29. The molecule has 18 heavy (non-hydrogen) atoms. The fraction of sp³-hybridized carbons (Fsp3) is 0.455. The molecule has 0 aliphatic rings. The normalized spacial score (nSPS) is 11.8. The third kappa shape index (κ3) is 3.46. The Bertz CT molecular complexity index is 515. The predicted molar refractivity (Wildman–Crippen MR) is 59.0 cm³/mol. The first-order valence-corrected chi connectivity index (χ1v) is 6.84. The number of halogens is 3. The summed E-state index contributed by atoms with van der Waals surface area (Å²) in [6, 6.07) is 1.18. The number of hydrogen-bond acceptors (Lipinski definition) is 3. The van der Waals surface area contributed by atoms with Crippen molar-refractivity contribution in [3.63, 3.8) is 0 Å². The average molecular weight is 282 g/mol. The summed E-state index contributed by atoms with van der Waals surface area (Å²) >= 11 is 0. The summed E-state index contributed by atoms with van der Waals surface area (Å²) < 4.78 is 66.4. The molecule has 0 aliphatic carbocycles. The lowest BCUT2D eigenvalue weighted by Crippen LogP contribution is -2.11. The largest absolute Gasteiger partial charge is 0.300 e. The van der Waals surface area contributed by atoms with Crippen LogP contribution in [0.3, 0.4) is 0 Å². The maximum atomic E-state index is 13.3. The number of rotatable bonds is 6. The first-order valence-electron chi connectivity index (χ1n) is 5.43. The molecule has 1 aromatic rings. The topological polar surface area (TPSA) is 43.4 Å². The summed E-state index contributed by atoms with van der Waals surface area (Å²) in [5.74, 6) is -5.03. The SMILES string of the molecule is CCCCCOS(=O)(=O)c1ccc(F)c(F)c1F. The predicted octanol–water partition coefficient (Wildman–Crippen LogP) is 3.00. The highest BCUT2D eigenvalue weighted by Gasteiger charge is 2.24. The van der Waals surface area contributed by atoms with E-state index < -0.39 is 32.5 Å². The second-order valence-corrected chi connectivity index (χ2v) is 5.24. The maximum absolute atomic E-state index is 13.3. The van der Waals surface area contributed by atoms with Gasteiger partial charge in [-0.05, 0) is 18.6 Å². The number of unbranched alkanes of at least 4 members (excludes halogenated alkanes) is 2. The van der Waals surface area contributed by atoms with E-state index in [1.165, 1.54) is 0 Å². The highest BCUT2D eigenvalue weighted by atomic mass is 32.2. The average Bonchev–Trinajstić information content (AvgIpc) is 2.31. The second-order valence-electron chi connectivity index (χ2n) is 3.66. The quantitative estimate of drug-likeness (QED) is 0.457. The maximum Gasteiger partial charge on any atom is 0.300 e. The zero-order valence-corrected chi connectivity index (χ0v) is 10.6. The lowest BCUT2D eigenvalue weighted by Gasteiger charge is -2.07. The molecule has 1 aromatic carbocycles. The minimum Gasteiger partial charge on any atom is -0.266 e. The lowest BCUT2D eigenvalue weighted by molar-refractivity contribution is 0.304. The Morgan fingerprint density at radius 1 is 1.11 bits per heavy atom. The molecule has 0 heterocycles. The van der Waals surface area contributed by atoms with Crippen molar-refractivity contribution in [3.05, 3.63) is 29.6 Å². The molecule has 0 atom stereocenters. The van der Waals surface area contributed by atoms with E-state index in [1.807, 2.05) is 6.92 Å². The van der Waals surface area contributed by atoms with E-state index in [0.29, 0.717) is 18.6 Å². The van der Waals surface area contributed by atoms with E-state index in [4.69, 9.17) is 0 Å². The molecule has 0 saturated heterocycles. The second kappa shape index (κ2) is 6.19. The lowest BCUT2D eigenvalue weighted by atomic mass is 10.3. The standard InChI is InChI=1S/C11H13F3O3S/c1-2-3-4-7-17-18(15,16)9-6-5-8(12)10(13)11(9)14/h5-6H,2-4,7H2,1H3. The van der Waals surface area contributed by atoms with Crippen LogP contribution in [0.15, 0.2) is 17.0 Å². The third-order valence-electron chi connectivity index (χ3n) is 2.26. The molecule has 0 fully saturated rings. The Morgan fingerprint density at radius 2 is 1.78 bits per heavy atom. The molecule has 102 valence electrons. The van der Waals surface area contributed by atoms with Crippen LogP contribution in [0.2, 0.25) is 0 Å². The summed E-state index contributed by atoms with van der Waals surface area (Å²) in [6.07, 6.45) is 2.11. The van der Waals surface area contributed by atoms with Gasteiger partial charge in [-0.15, -0.1) is 0 Å². The van der Waals surface area contributed by atoms with Gasteiger partial charge in [0.25, 0.3) is 10.1 Å². The zero-order chi connectivity index (χ0) is 13.8. The molecule has 0 N–H and O–H groups in total. The summed E-state index contributed by atoms with van der Waals surface area (Å²) in [5, 5.41) is 0. The molecule has 0 spiro atoms. The van der Waals surface area contributed by atoms with E-state index in [-0.39, 0.29) is 6.61 Å². The molecule has 0 aromatic heterocycles. The van der Waals surface area contributed by atoms with Crippen LogP contribution in [0, 0.1) is 17.5 Å². The van der Waals surface area contributed by atoms with Gasteiger partial charge in [-0.3, -0.25) is 4.18 Å². The molecule has 0 aliphatic heterocycles. The molecule has 0 radical (unpaired) electrons. The van der Waals surface area contributed by atoms with Crippen LogP contribution in [0.1, 0.15) is 26.2 Å². The van der Waals surface area contributed by atoms with Gasteiger partial charge in [0.15, 0.2) is 17.5 Å².